The molecule has 8 nitrogen and oxygen atoms in total. The van der Waals surface area contributed by atoms with E-state index >= 15 is 0 Å². The van der Waals surface area contributed by atoms with Crippen molar-refractivity contribution < 1.29 is 41.0 Å². The number of aliphatic hydroxyl groups is 1. The van der Waals surface area contributed by atoms with Crippen LogP contribution in [0.2, 0.25) is 0 Å². The molecule has 1 aliphatic heterocycles. The topological polar surface area (TPSA) is 95.9 Å². The number of alkyl halides is 6. The summed E-state index contributed by atoms with van der Waals surface area (Å²) in [7, 11) is 1.14. The molecule has 0 bridgehead atoms. The highest BCUT2D eigenvalue weighted by Crippen LogP contribution is 2.42. The Kier molecular flexibility index (Phi) is 6.48. The van der Waals surface area contributed by atoms with Gasteiger partial charge >= 0.3 is 12.4 Å². The second-order valence-electron chi connectivity index (χ2n) is 5.47. The van der Waals surface area contributed by atoms with Crippen LogP contribution in [0.15, 0.2) is 11.4 Å². The molecule has 0 spiro atoms. The Balaban J connectivity index is 2.39. The lowest BCUT2D eigenvalue weighted by molar-refractivity contribution is -0.227. The number of H-pyrrole nitrogens is 1. The highest BCUT2D eigenvalue weighted by atomic mass is 32.2. The van der Waals surface area contributed by atoms with Crippen LogP contribution in [-0.2, 0) is 9.57 Å². The lowest BCUT2D eigenvalue weighted by atomic mass is 10.1. The molecule has 0 fully saturated rings. The smallest absolute Gasteiger partial charge is 0.393 e. The summed E-state index contributed by atoms with van der Waals surface area (Å²) in [6.45, 7) is 0.545. The zero-order chi connectivity index (χ0) is 21.2. The van der Waals surface area contributed by atoms with E-state index < -0.39 is 41.1 Å². The van der Waals surface area contributed by atoms with E-state index in [1.807, 2.05) is 0 Å². The lowest BCUT2D eigenvalue weighted by Gasteiger charge is -2.35. The molecule has 0 aliphatic carbocycles. The van der Waals surface area contributed by atoms with Gasteiger partial charge in [0.2, 0.25) is 11.1 Å². The zero-order valence-corrected chi connectivity index (χ0v) is 15.0. The predicted molar refractivity (Wildman–Crippen MR) is 83.2 cm³/mol. The maximum absolute atomic E-state index is 13.1. The molecule has 1 aromatic heterocycles. The second-order valence-corrected chi connectivity index (χ2v) is 6.54. The fraction of sp³-hybridized carbons (Fsp3) is 0.615. The molecule has 0 saturated carbocycles. The van der Waals surface area contributed by atoms with E-state index in [4.69, 9.17) is 9.57 Å². The van der Waals surface area contributed by atoms with Crippen molar-refractivity contribution in [2.24, 2.45) is 5.10 Å². The second kappa shape index (κ2) is 8.15. The third kappa shape index (κ3) is 5.28. The van der Waals surface area contributed by atoms with Crippen molar-refractivity contribution in [3.05, 3.63) is 12.2 Å². The maximum Gasteiger partial charge on any atom is 0.457 e. The molecule has 2 heterocycles. The summed E-state index contributed by atoms with van der Waals surface area (Å²) >= 11 is 0.169. The fourth-order valence-corrected chi connectivity index (χ4v) is 2.94. The molecule has 156 valence electrons. The number of hydrazone groups is 1. The first-order chi connectivity index (χ1) is 12.9. The van der Waals surface area contributed by atoms with E-state index in [-0.39, 0.29) is 17.6 Å². The van der Waals surface area contributed by atoms with Gasteiger partial charge in [-0.05, 0) is 6.92 Å². The first-order valence-corrected chi connectivity index (χ1v) is 8.17. The highest BCUT2D eigenvalue weighted by Gasteiger charge is 2.51. The number of methoxy groups -OCH3 is 1. The fourth-order valence-electron chi connectivity index (χ4n) is 1.86. The summed E-state index contributed by atoms with van der Waals surface area (Å²) in [4.78, 5) is 8.77. The molecule has 2 rings (SSSR count). The summed E-state index contributed by atoms with van der Waals surface area (Å²) in [6.07, 6.45) is -10.6. The minimum absolute atomic E-state index is 0.169. The van der Waals surface area contributed by atoms with E-state index in [9.17, 15) is 31.4 Å². The van der Waals surface area contributed by atoms with E-state index in [1.54, 1.807) is 5.92 Å². The Labute approximate surface area is 158 Å². The van der Waals surface area contributed by atoms with Gasteiger partial charge in [-0.15, -0.1) is 5.10 Å². The summed E-state index contributed by atoms with van der Waals surface area (Å²) in [6, 6.07) is 0. The standard InChI is InChI=1S/C13H13F6N5O3S/c1-11(5-25,26-2)10-24(23-9(28-10)13(17,18)19)27-7(3-4-12(14,15)16)8-20-6-21-22-8/h6-7,10,25H,5H2,1-2H3,(H,20,21,22). The average Bonchev–Trinajstić information content (AvgIpc) is 3.26. The number of halogens is 6. The third-order valence-corrected chi connectivity index (χ3v) is 4.84. The van der Waals surface area contributed by atoms with Crippen LogP contribution in [-0.4, -0.2) is 67.5 Å². The van der Waals surface area contributed by atoms with Crippen LogP contribution in [0.25, 0.3) is 0 Å². The van der Waals surface area contributed by atoms with Gasteiger partial charge in [0.15, 0.2) is 11.2 Å². The van der Waals surface area contributed by atoms with Crippen molar-refractivity contribution >= 4 is 16.8 Å². The number of aromatic nitrogens is 3. The number of nitrogens with one attached hydrogen (secondary N) is 1. The van der Waals surface area contributed by atoms with Crippen LogP contribution in [0, 0.1) is 11.8 Å². The van der Waals surface area contributed by atoms with Crippen molar-refractivity contribution in [3.63, 3.8) is 0 Å². The molecule has 3 unspecified atom stereocenters. The Morgan fingerprint density at radius 3 is 2.50 bits per heavy atom. The van der Waals surface area contributed by atoms with Crippen LogP contribution in [0.5, 0.6) is 0 Å². The molecule has 15 heteroatoms. The van der Waals surface area contributed by atoms with Crippen molar-refractivity contribution in [2.45, 2.75) is 36.4 Å². The molecule has 28 heavy (non-hydrogen) atoms. The van der Waals surface area contributed by atoms with Gasteiger partial charge in [0, 0.05) is 13.0 Å². The molecule has 0 amide bonds. The monoisotopic (exact) mass is 433 g/mol. The predicted octanol–water partition coefficient (Wildman–Crippen LogP) is 1.99. The Hall–Kier alpha value is -2.02. The minimum Gasteiger partial charge on any atom is -0.393 e. The van der Waals surface area contributed by atoms with Crippen molar-refractivity contribution in [1.82, 2.24) is 20.4 Å². The van der Waals surface area contributed by atoms with Crippen LogP contribution in [0.4, 0.5) is 26.3 Å². The van der Waals surface area contributed by atoms with Crippen LogP contribution in [0.1, 0.15) is 18.9 Å². The zero-order valence-electron chi connectivity index (χ0n) is 14.2. The Bertz CT molecular complexity index is 753. The van der Waals surface area contributed by atoms with Gasteiger partial charge in [0.25, 0.3) is 0 Å². The number of aliphatic hydroxyl groups excluding tert-OH is 1. The molecule has 0 radical (unpaired) electrons. The molecular formula is C13H13F6N5O3S. The van der Waals surface area contributed by atoms with E-state index in [1.165, 1.54) is 6.92 Å². The van der Waals surface area contributed by atoms with Gasteiger partial charge in [-0.3, -0.25) is 5.10 Å². The minimum atomic E-state index is -4.88. The lowest BCUT2D eigenvalue weighted by Crippen LogP contribution is -2.49. The van der Waals surface area contributed by atoms with Gasteiger partial charge < -0.3 is 9.84 Å². The highest BCUT2D eigenvalue weighted by molar-refractivity contribution is 8.14. The summed E-state index contributed by atoms with van der Waals surface area (Å²) in [5.74, 6) is 2.38. The summed E-state index contributed by atoms with van der Waals surface area (Å²) in [5.41, 5.74) is -1.61. The molecular weight excluding hydrogens is 420 g/mol. The first kappa shape index (κ1) is 22.3. The van der Waals surface area contributed by atoms with Gasteiger partial charge in [0.05, 0.1) is 6.61 Å². The number of aromatic amines is 1. The molecule has 1 aliphatic rings. The molecule has 2 N–H and O–H groups in total. The Morgan fingerprint density at radius 1 is 1.36 bits per heavy atom. The summed E-state index contributed by atoms with van der Waals surface area (Å²) in [5, 5.41) is 16.1. The van der Waals surface area contributed by atoms with Crippen LogP contribution < -0.4 is 0 Å². The van der Waals surface area contributed by atoms with Crippen molar-refractivity contribution in [2.75, 3.05) is 13.7 Å². The number of rotatable bonds is 6. The number of thioether (sulfide) groups is 1. The van der Waals surface area contributed by atoms with Gasteiger partial charge in [-0.25, -0.2) is 9.82 Å². The summed E-state index contributed by atoms with van der Waals surface area (Å²) < 4.78 is 81.6. The van der Waals surface area contributed by atoms with E-state index in [0.29, 0.717) is 5.17 Å². The molecule has 0 saturated heterocycles. The number of hydrogen-bond donors (Lipinski definition) is 2. The van der Waals surface area contributed by atoms with Gasteiger partial charge in [0.1, 0.15) is 11.9 Å². The van der Waals surface area contributed by atoms with Gasteiger partial charge in [-0.1, -0.05) is 17.7 Å². The van der Waals surface area contributed by atoms with E-state index in [2.05, 4.69) is 20.3 Å². The molecule has 1 aromatic rings. The van der Waals surface area contributed by atoms with E-state index in [0.717, 1.165) is 19.4 Å². The molecule has 3 atom stereocenters. The first-order valence-electron chi connectivity index (χ1n) is 7.29. The quantitative estimate of drug-likeness (QED) is 0.523. The SMILES string of the molecule is COC(C)(CO)C1SC(C(F)(F)F)=NN1OC(C#CC(F)(F)F)c1ncn[nH]1. The van der Waals surface area contributed by atoms with Crippen LogP contribution >= 0.6 is 11.8 Å². The Morgan fingerprint density at radius 2 is 2.04 bits per heavy atom. The molecule has 0 aromatic carbocycles. The number of hydroxylamine groups is 1. The van der Waals surface area contributed by atoms with Crippen molar-refractivity contribution in [1.29, 1.82) is 0 Å². The largest absolute Gasteiger partial charge is 0.457 e. The third-order valence-electron chi connectivity index (χ3n) is 3.40. The number of nitrogens with zero attached hydrogens (tertiary/aromatic N) is 4. The van der Waals surface area contributed by atoms with Crippen molar-refractivity contribution in [3.8, 4) is 11.8 Å². The maximum atomic E-state index is 13.1. The normalized spacial score (nSPS) is 21.0. The average molecular weight is 433 g/mol. The number of hydrogen-bond acceptors (Lipinski definition) is 8. The number of ether oxygens (including phenoxy) is 1. The van der Waals surface area contributed by atoms with Gasteiger partial charge in [-0.2, -0.15) is 36.6 Å². The van der Waals surface area contributed by atoms with Crippen LogP contribution in [0.3, 0.4) is 0 Å².